The van der Waals surface area contributed by atoms with E-state index in [1.54, 1.807) is 4.90 Å². The second kappa shape index (κ2) is 5.72. The topological polar surface area (TPSA) is 69.6 Å². The van der Waals surface area contributed by atoms with E-state index in [9.17, 15) is 9.59 Å². The van der Waals surface area contributed by atoms with Crippen LogP contribution in [0.15, 0.2) is 0 Å². The number of rotatable bonds is 6. The third kappa shape index (κ3) is 3.40. The largest absolute Gasteiger partial charge is 0.481 e. The fourth-order valence-corrected chi connectivity index (χ4v) is 1.67. The molecule has 0 heterocycles. The number of nitrogens with zero attached hydrogens (tertiary/aromatic N) is 1. The molecule has 1 rings (SSSR count). The Bertz CT molecular complexity index is 264. The second-order valence-electron chi connectivity index (χ2n) is 4.15. The van der Waals surface area contributed by atoms with Gasteiger partial charge in [0.25, 0.3) is 0 Å². The summed E-state index contributed by atoms with van der Waals surface area (Å²) in [7, 11) is 0. The number of carbonyl (C=O) groups excluding carboxylic acids is 1. The van der Waals surface area contributed by atoms with Crippen LogP contribution < -0.4 is 5.32 Å². The maximum atomic E-state index is 11.7. The molecule has 1 aliphatic rings. The number of urea groups is 1. The van der Waals surface area contributed by atoms with Crippen molar-refractivity contribution in [3.8, 4) is 0 Å². The SMILES string of the molecule is CCC(CNC(=O)N(CC)C1CC1)C(=O)O. The fraction of sp³-hybridized carbons (Fsp3) is 0.818. The normalized spacial score (nSPS) is 16.6. The molecular weight excluding hydrogens is 208 g/mol. The van der Waals surface area contributed by atoms with Gasteiger partial charge >= 0.3 is 12.0 Å². The molecule has 0 radical (unpaired) electrons. The van der Waals surface area contributed by atoms with Gasteiger partial charge in [-0.1, -0.05) is 6.92 Å². The second-order valence-corrected chi connectivity index (χ2v) is 4.15. The predicted octanol–water partition coefficient (Wildman–Crippen LogP) is 1.29. The number of amides is 2. The summed E-state index contributed by atoms with van der Waals surface area (Å²) in [6.45, 7) is 4.64. The minimum Gasteiger partial charge on any atom is -0.481 e. The first-order chi connectivity index (χ1) is 7.60. The lowest BCUT2D eigenvalue weighted by Gasteiger charge is -2.21. The van der Waals surface area contributed by atoms with Gasteiger partial charge in [0.1, 0.15) is 0 Å². The maximum Gasteiger partial charge on any atom is 0.317 e. The Hall–Kier alpha value is -1.26. The molecule has 0 spiro atoms. The van der Waals surface area contributed by atoms with Crippen molar-refractivity contribution in [2.24, 2.45) is 5.92 Å². The van der Waals surface area contributed by atoms with Gasteiger partial charge in [-0.15, -0.1) is 0 Å². The summed E-state index contributed by atoms with van der Waals surface area (Å²) in [5.41, 5.74) is 0. The first-order valence-corrected chi connectivity index (χ1v) is 5.87. The van der Waals surface area contributed by atoms with Crippen molar-refractivity contribution < 1.29 is 14.7 Å². The molecule has 1 fully saturated rings. The highest BCUT2D eigenvalue weighted by Crippen LogP contribution is 2.26. The molecular formula is C11H20N2O3. The molecule has 0 saturated heterocycles. The molecule has 16 heavy (non-hydrogen) atoms. The Labute approximate surface area is 95.8 Å². The Morgan fingerprint density at radius 3 is 2.44 bits per heavy atom. The van der Waals surface area contributed by atoms with E-state index >= 15 is 0 Å². The van der Waals surface area contributed by atoms with E-state index in [-0.39, 0.29) is 12.6 Å². The Morgan fingerprint density at radius 2 is 2.06 bits per heavy atom. The van der Waals surface area contributed by atoms with E-state index in [2.05, 4.69) is 5.32 Å². The van der Waals surface area contributed by atoms with Crippen molar-refractivity contribution in [2.45, 2.75) is 39.2 Å². The lowest BCUT2D eigenvalue weighted by molar-refractivity contribution is -0.141. The Balaban J connectivity index is 2.35. The zero-order valence-corrected chi connectivity index (χ0v) is 9.90. The Morgan fingerprint density at radius 1 is 1.44 bits per heavy atom. The van der Waals surface area contributed by atoms with Crippen molar-refractivity contribution in [3.05, 3.63) is 0 Å². The van der Waals surface area contributed by atoms with Crippen LogP contribution in [0.4, 0.5) is 4.79 Å². The first-order valence-electron chi connectivity index (χ1n) is 5.87. The monoisotopic (exact) mass is 228 g/mol. The Kier molecular flexibility index (Phi) is 4.58. The summed E-state index contributed by atoms with van der Waals surface area (Å²) < 4.78 is 0. The number of nitrogens with one attached hydrogen (secondary N) is 1. The van der Waals surface area contributed by atoms with Crippen LogP contribution in [0.1, 0.15) is 33.1 Å². The lowest BCUT2D eigenvalue weighted by Crippen LogP contribution is -2.43. The maximum absolute atomic E-state index is 11.7. The molecule has 92 valence electrons. The van der Waals surface area contributed by atoms with Crippen LogP contribution in [-0.2, 0) is 4.79 Å². The van der Waals surface area contributed by atoms with Gasteiger partial charge in [0, 0.05) is 19.1 Å². The van der Waals surface area contributed by atoms with Gasteiger partial charge in [-0.25, -0.2) is 4.79 Å². The molecule has 2 N–H and O–H groups in total. The summed E-state index contributed by atoms with van der Waals surface area (Å²) in [5, 5.41) is 11.5. The third-order valence-electron chi connectivity index (χ3n) is 2.93. The van der Waals surface area contributed by atoms with E-state index in [1.807, 2.05) is 13.8 Å². The highest BCUT2D eigenvalue weighted by molar-refractivity contribution is 5.76. The molecule has 1 unspecified atom stereocenters. The molecule has 2 amide bonds. The fourth-order valence-electron chi connectivity index (χ4n) is 1.67. The van der Waals surface area contributed by atoms with E-state index in [0.29, 0.717) is 19.0 Å². The molecule has 0 bridgehead atoms. The van der Waals surface area contributed by atoms with Crippen LogP contribution in [0.3, 0.4) is 0 Å². The van der Waals surface area contributed by atoms with E-state index < -0.39 is 11.9 Å². The minimum atomic E-state index is -0.850. The van der Waals surface area contributed by atoms with Crippen LogP contribution >= 0.6 is 0 Å². The number of hydrogen-bond donors (Lipinski definition) is 2. The zero-order chi connectivity index (χ0) is 12.1. The molecule has 1 saturated carbocycles. The van der Waals surface area contributed by atoms with Gasteiger partial charge in [0.2, 0.25) is 0 Å². The summed E-state index contributed by atoms with van der Waals surface area (Å²) >= 11 is 0. The molecule has 0 aromatic heterocycles. The van der Waals surface area contributed by atoms with Crippen LogP contribution in [0.25, 0.3) is 0 Å². The number of aliphatic carboxylic acids is 1. The van der Waals surface area contributed by atoms with Crippen molar-refractivity contribution in [1.29, 1.82) is 0 Å². The molecule has 1 aliphatic carbocycles. The van der Waals surface area contributed by atoms with Crippen LogP contribution in [-0.4, -0.2) is 41.1 Å². The van der Waals surface area contributed by atoms with Crippen molar-refractivity contribution in [1.82, 2.24) is 10.2 Å². The standard InChI is InChI=1S/C11H20N2O3/c1-3-8(10(14)15)7-12-11(16)13(4-2)9-5-6-9/h8-9H,3-7H2,1-2H3,(H,12,16)(H,14,15). The van der Waals surface area contributed by atoms with Gasteiger partial charge in [0.05, 0.1) is 5.92 Å². The molecule has 0 aromatic rings. The first kappa shape index (κ1) is 12.8. The average Bonchev–Trinajstić information content (AvgIpc) is 3.03. The van der Waals surface area contributed by atoms with Crippen molar-refractivity contribution in [2.75, 3.05) is 13.1 Å². The summed E-state index contributed by atoms with van der Waals surface area (Å²) in [5.74, 6) is -1.33. The number of carboxylic acid groups (broad SMARTS) is 1. The zero-order valence-electron chi connectivity index (χ0n) is 9.90. The molecule has 5 heteroatoms. The van der Waals surface area contributed by atoms with E-state index in [4.69, 9.17) is 5.11 Å². The quantitative estimate of drug-likeness (QED) is 0.719. The third-order valence-corrected chi connectivity index (χ3v) is 2.93. The van der Waals surface area contributed by atoms with Crippen LogP contribution in [0.2, 0.25) is 0 Å². The smallest absolute Gasteiger partial charge is 0.317 e. The molecule has 1 atom stereocenters. The highest BCUT2D eigenvalue weighted by atomic mass is 16.4. The van der Waals surface area contributed by atoms with Crippen molar-refractivity contribution >= 4 is 12.0 Å². The van der Waals surface area contributed by atoms with Crippen LogP contribution in [0, 0.1) is 5.92 Å². The van der Waals surface area contributed by atoms with Gasteiger partial charge < -0.3 is 15.3 Å². The van der Waals surface area contributed by atoms with E-state index in [0.717, 1.165) is 12.8 Å². The lowest BCUT2D eigenvalue weighted by atomic mass is 10.1. The minimum absolute atomic E-state index is 0.135. The molecule has 0 aliphatic heterocycles. The van der Waals surface area contributed by atoms with Gasteiger partial charge in [0.15, 0.2) is 0 Å². The van der Waals surface area contributed by atoms with Crippen LogP contribution in [0.5, 0.6) is 0 Å². The van der Waals surface area contributed by atoms with Gasteiger partial charge in [-0.3, -0.25) is 4.79 Å². The predicted molar refractivity (Wildman–Crippen MR) is 60.2 cm³/mol. The van der Waals surface area contributed by atoms with Gasteiger partial charge in [-0.2, -0.15) is 0 Å². The molecule has 0 aromatic carbocycles. The summed E-state index contributed by atoms with van der Waals surface area (Å²) in [4.78, 5) is 24.3. The average molecular weight is 228 g/mol. The number of hydrogen-bond acceptors (Lipinski definition) is 2. The molecule has 5 nitrogen and oxygen atoms in total. The summed E-state index contributed by atoms with van der Waals surface area (Å²) in [6.07, 6.45) is 2.67. The number of carboxylic acids is 1. The highest BCUT2D eigenvalue weighted by Gasteiger charge is 2.31. The van der Waals surface area contributed by atoms with E-state index in [1.165, 1.54) is 0 Å². The van der Waals surface area contributed by atoms with Crippen molar-refractivity contribution in [3.63, 3.8) is 0 Å². The summed E-state index contributed by atoms with van der Waals surface area (Å²) in [6, 6.07) is 0.236. The number of carbonyl (C=O) groups is 2. The van der Waals surface area contributed by atoms with Gasteiger partial charge in [-0.05, 0) is 26.2 Å².